The SMILES string of the molecule is Cc1ccnc(NCCNCCN(C)C)n1. The van der Waals surface area contributed by atoms with E-state index in [4.69, 9.17) is 0 Å². The molecular formula is C11H21N5. The molecule has 5 heteroatoms. The summed E-state index contributed by atoms with van der Waals surface area (Å²) in [7, 11) is 4.14. The fourth-order valence-corrected chi connectivity index (χ4v) is 1.22. The Bertz CT molecular complexity index is 300. The van der Waals surface area contributed by atoms with Gasteiger partial charge in [0.1, 0.15) is 0 Å². The van der Waals surface area contributed by atoms with Crippen molar-refractivity contribution in [3.05, 3.63) is 18.0 Å². The Labute approximate surface area is 97.3 Å². The molecule has 0 aromatic carbocycles. The highest BCUT2D eigenvalue weighted by Gasteiger charge is 1.94. The van der Waals surface area contributed by atoms with Crippen LogP contribution in [0.5, 0.6) is 0 Å². The van der Waals surface area contributed by atoms with Gasteiger partial charge in [0.15, 0.2) is 0 Å². The lowest BCUT2D eigenvalue weighted by atomic mass is 10.5. The first-order chi connectivity index (χ1) is 7.68. The average molecular weight is 223 g/mol. The second-order valence-electron chi connectivity index (χ2n) is 4.00. The van der Waals surface area contributed by atoms with E-state index >= 15 is 0 Å². The number of nitrogens with zero attached hydrogens (tertiary/aromatic N) is 3. The highest BCUT2D eigenvalue weighted by Crippen LogP contribution is 1.97. The van der Waals surface area contributed by atoms with Crippen molar-refractivity contribution in [2.75, 3.05) is 45.6 Å². The normalized spacial score (nSPS) is 10.8. The third-order valence-electron chi connectivity index (χ3n) is 2.12. The van der Waals surface area contributed by atoms with Crippen LogP contribution in [0.15, 0.2) is 12.3 Å². The predicted molar refractivity (Wildman–Crippen MR) is 66.7 cm³/mol. The summed E-state index contributed by atoms with van der Waals surface area (Å²) in [5.41, 5.74) is 0.984. The first-order valence-electron chi connectivity index (χ1n) is 5.57. The molecule has 0 radical (unpaired) electrons. The first-order valence-corrected chi connectivity index (χ1v) is 5.57. The summed E-state index contributed by atoms with van der Waals surface area (Å²) in [5, 5.41) is 6.52. The van der Waals surface area contributed by atoms with Crippen LogP contribution in [0.25, 0.3) is 0 Å². The lowest BCUT2D eigenvalue weighted by Crippen LogP contribution is -2.30. The van der Waals surface area contributed by atoms with Gasteiger partial charge in [-0.05, 0) is 27.1 Å². The van der Waals surface area contributed by atoms with Gasteiger partial charge >= 0.3 is 0 Å². The first kappa shape index (κ1) is 12.9. The van der Waals surface area contributed by atoms with E-state index in [1.54, 1.807) is 6.20 Å². The number of likely N-dealkylation sites (N-methyl/N-ethyl adjacent to an activating group) is 1. The van der Waals surface area contributed by atoms with E-state index in [2.05, 4.69) is 39.6 Å². The molecule has 0 unspecified atom stereocenters. The minimum absolute atomic E-state index is 0.703. The molecular weight excluding hydrogens is 202 g/mol. The summed E-state index contributed by atoms with van der Waals surface area (Å²) in [6.07, 6.45) is 1.77. The van der Waals surface area contributed by atoms with Crippen LogP contribution in [0.3, 0.4) is 0 Å². The number of anilines is 1. The van der Waals surface area contributed by atoms with Gasteiger partial charge in [0.05, 0.1) is 0 Å². The van der Waals surface area contributed by atoms with Crippen molar-refractivity contribution in [3.8, 4) is 0 Å². The van der Waals surface area contributed by atoms with E-state index in [-0.39, 0.29) is 0 Å². The maximum Gasteiger partial charge on any atom is 0.222 e. The molecule has 0 aliphatic rings. The highest BCUT2D eigenvalue weighted by atomic mass is 15.1. The smallest absolute Gasteiger partial charge is 0.222 e. The van der Waals surface area contributed by atoms with Gasteiger partial charge in [0.25, 0.3) is 0 Å². The van der Waals surface area contributed by atoms with Crippen molar-refractivity contribution in [1.82, 2.24) is 20.2 Å². The van der Waals surface area contributed by atoms with Crippen molar-refractivity contribution < 1.29 is 0 Å². The Morgan fingerprint density at radius 3 is 2.75 bits per heavy atom. The van der Waals surface area contributed by atoms with Crippen molar-refractivity contribution in [2.24, 2.45) is 0 Å². The van der Waals surface area contributed by atoms with Crippen LogP contribution in [-0.4, -0.2) is 55.1 Å². The number of aromatic nitrogens is 2. The monoisotopic (exact) mass is 223 g/mol. The van der Waals surface area contributed by atoms with Crippen LogP contribution in [-0.2, 0) is 0 Å². The summed E-state index contributed by atoms with van der Waals surface area (Å²) in [6, 6.07) is 1.89. The van der Waals surface area contributed by atoms with Gasteiger partial charge in [-0.1, -0.05) is 0 Å². The predicted octanol–water partition coefficient (Wildman–Crippen LogP) is 0.348. The van der Waals surface area contributed by atoms with Gasteiger partial charge in [0.2, 0.25) is 5.95 Å². The Morgan fingerprint density at radius 1 is 1.25 bits per heavy atom. The van der Waals surface area contributed by atoms with Crippen molar-refractivity contribution in [3.63, 3.8) is 0 Å². The number of hydrogen-bond acceptors (Lipinski definition) is 5. The van der Waals surface area contributed by atoms with E-state index in [0.29, 0.717) is 5.95 Å². The van der Waals surface area contributed by atoms with Crippen molar-refractivity contribution in [2.45, 2.75) is 6.92 Å². The lowest BCUT2D eigenvalue weighted by Gasteiger charge is -2.10. The quantitative estimate of drug-likeness (QED) is 0.653. The van der Waals surface area contributed by atoms with Crippen LogP contribution in [0.4, 0.5) is 5.95 Å². The molecule has 1 aromatic rings. The minimum Gasteiger partial charge on any atom is -0.353 e. The third-order valence-corrected chi connectivity index (χ3v) is 2.12. The van der Waals surface area contributed by atoms with Gasteiger partial charge in [-0.3, -0.25) is 0 Å². The molecule has 90 valence electrons. The summed E-state index contributed by atoms with van der Waals surface area (Å²) >= 11 is 0. The molecule has 0 saturated carbocycles. The van der Waals surface area contributed by atoms with E-state index in [1.165, 1.54) is 0 Å². The van der Waals surface area contributed by atoms with Gasteiger partial charge in [-0.25, -0.2) is 9.97 Å². The summed E-state index contributed by atoms with van der Waals surface area (Å²) in [6.45, 7) is 5.79. The standard InChI is InChI=1S/C11H21N5/c1-10-4-5-13-11(15-10)14-7-6-12-8-9-16(2)3/h4-5,12H,6-9H2,1-3H3,(H,13,14,15). The Morgan fingerprint density at radius 2 is 2.06 bits per heavy atom. The topological polar surface area (TPSA) is 53.1 Å². The maximum absolute atomic E-state index is 4.26. The molecule has 0 atom stereocenters. The van der Waals surface area contributed by atoms with Crippen molar-refractivity contribution >= 4 is 5.95 Å². The lowest BCUT2D eigenvalue weighted by molar-refractivity contribution is 0.402. The molecule has 0 saturated heterocycles. The van der Waals surface area contributed by atoms with E-state index in [1.807, 2.05) is 13.0 Å². The molecule has 16 heavy (non-hydrogen) atoms. The molecule has 2 N–H and O–H groups in total. The Kier molecular flexibility index (Phi) is 5.74. The number of aryl methyl sites for hydroxylation is 1. The zero-order valence-corrected chi connectivity index (χ0v) is 10.3. The Balaban J connectivity index is 2.07. The summed E-state index contributed by atoms with van der Waals surface area (Å²) in [5.74, 6) is 0.703. The van der Waals surface area contributed by atoms with Crippen LogP contribution in [0, 0.1) is 6.92 Å². The van der Waals surface area contributed by atoms with Crippen molar-refractivity contribution in [1.29, 1.82) is 0 Å². The molecule has 0 aliphatic carbocycles. The Hall–Kier alpha value is -1.20. The molecule has 0 bridgehead atoms. The van der Waals surface area contributed by atoms with Crippen LogP contribution >= 0.6 is 0 Å². The third kappa shape index (κ3) is 5.63. The fraction of sp³-hybridized carbons (Fsp3) is 0.636. The van der Waals surface area contributed by atoms with Gasteiger partial charge < -0.3 is 15.5 Å². The molecule has 0 amide bonds. The molecule has 0 fully saturated rings. The molecule has 0 spiro atoms. The van der Waals surface area contributed by atoms with Gasteiger partial charge in [-0.2, -0.15) is 0 Å². The van der Waals surface area contributed by atoms with E-state index in [0.717, 1.165) is 31.9 Å². The number of hydrogen-bond donors (Lipinski definition) is 2. The fourth-order valence-electron chi connectivity index (χ4n) is 1.22. The molecule has 1 rings (SSSR count). The van der Waals surface area contributed by atoms with E-state index in [9.17, 15) is 0 Å². The van der Waals surface area contributed by atoms with Gasteiger partial charge in [0, 0.05) is 38.1 Å². The molecule has 5 nitrogen and oxygen atoms in total. The molecule has 1 aromatic heterocycles. The zero-order chi connectivity index (χ0) is 11.8. The number of nitrogens with one attached hydrogen (secondary N) is 2. The largest absolute Gasteiger partial charge is 0.353 e. The highest BCUT2D eigenvalue weighted by molar-refractivity contribution is 5.24. The summed E-state index contributed by atoms with van der Waals surface area (Å²) in [4.78, 5) is 10.5. The van der Waals surface area contributed by atoms with Crippen LogP contribution in [0.1, 0.15) is 5.69 Å². The second-order valence-corrected chi connectivity index (χ2v) is 4.00. The van der Waals surface area contributed by atoms with E-state index < -0.39 is 0 Å². The zero-order valence-electron chi connectivity index (χ0n) is 10.3. The second kappa shape index (κ2) is 7.14. The van der Waals surface area contributed by atoms with Crippen LogP contribution < -0.4 is 10.6 Å². The molecule has 0 aliphatic heterocycles. The molecule has 1 heterocycles. The maximum atomic E-state index is 4.26. The van der Waals surface area contributed by atoms with Crippen LogP contribution in [0.2, 0.25) is 0 Å². The number of rotatable bonds is 7. The van der Waals surface area contributed by atoms with Gasteiger partial charge in [-0.15, -0.1) is 0 Å². The summed E-state index contributed by atoms with van der Waals surface area (Å²) < 4.78 is 0. The average Bonchev–Trinajstić information content (AvgIpc) is 2.23. The minimum atomic E-state index is 0.703.